The molecular weight excluding hydrogens is 823 g/mol. The summed E-state index contributed by atoms with van der Waals surface area (Å²) in [6.07, 6.45) is 23.7. The van der Waals surface area contributed by atoms with Gasteiger partial charge in [-0.05, 0) is 38.5 Å². The van der Waals surface area contributed by atoms with E-state index in [4.69, 9.17) is 18.9 Å². The molecule has 0 aromatic carbocycles. The Morgan fingerprint density at radius 3 is 1.53 bits per heavy atom. The van der Waals surface area contributed by atoms with E-state index in [1.807, 2.05) is 6.08 Å². The lowest BCUT2D eigenvalue weighted by Crippen LogP contribution is -2.65. The zero-order valence-corrected chi connectivity index (χ0v) is 39.8. The average Bonchev–Trinajstić information content (AvgIpc) is 3.29. The van der Waals surface area contributed by atoms with Gasteiger partial charge in [0.1, 0.15) is 48.8 Å². The number of aliphatic hydroxyl groups excluding tert-OH is 8. The average molecular weight is 916 g/mol. The number of unbranched alkanes of at least 4 members (excludes halogenated alkanes) is 24. The van der Waals surface area contributed by atoms with Gasteiger partial charge in [-0.3, -0.25) is 4.79 Å². The van der Waals surface area contributed by atoms with Crippen molar-refractivity contribution in [2.45, 2.75) is 267 Å². The number of rotatable bonds is 39. The van der Waals surface area contributed by atoms with Crippen LogP contribution in [0.4, 0.5) is 0 Å². The first kappa shape index (κ1) is 58.6. The van der Waals surface area contributed by atoms with Crippen molar-refractivity contribution in [3.63, 3.8) is 0 Å². The third-order valence-electron chi connectivity index (χ3n) is 12.6. The van der Waals surface area contributed by atoms with Crippen molar-refractivity contribution in [3.8, 4) is 0 Å². The van der Waals surface area contributed by atoms with Gasteiger partial charge in [0.2, 0.25) is 5.91 Å². The second-order valence-electron chi connectivity index (χ2n) is 18.3. The van der Waals surface area contributed by atoms with Crippen LogP contribution in [-0.4, -0.2) is 140 Å². The maximum atomic E-state index is 13.1. The van der Waals surface area contributed by atoms with E-state index in [9.17, 15) is 45.6 Å². The molecule has 2 heterocycles. The number of nitrogens with one attached hydrogen (secondary N) is 1. The van der Waals surface area contributed by atoms with Gasteiger partial charge in [-0.1, -0.05) is 173 Å². The van der Waals surface area contributed by atoms with Crippen LogP contribution >= 0.6 is 0 Å². The van der Waals surface area contributed by atoms with Crippen LogP contribution in [0.3, 0.4) is 0 Å². The van der Waals surface area contributed by atoms with E-state index in [-0.39, 0.29) is 18.9 Å². The van der Waals surface area contributed by atoms with E-state index in [2.05, 4.69) is 31.3 Å². The van der Waals surface area contributed by atoms with Crippen molar-refractivity contribution >= 4 is 5.91 Å². The van der Waals surface area contributed by atoms with Gasteiger partial charge < -0.3 is 65.1 Å². The summed E-state index contributed by atoms with van der Waals surface area (Å²) in [4.78, 5) is 13.1. The van der Waals surface area contributed by atoms with Crippen LogP contribution in [0.2, 0.25) is 0 Å². The molecule has 0 bridgehead atoms. The fourth-order valence-corrected chi connectivity index (χ4v) is 8.39. The van der Waals surface area contributed by atoms with Crippen LogP contribution in [0.5, 0.6) is 0 Å². The number of hydrogen-bond acceptors (Lipinski definition) is 13. The Hall–Kier alpha value is -1.53. The van der Waals surface area contributed by atoms with Crippen molar-refractivity contribution in [1.82, 2.24) is 5.32 Å². The molecule has 0 aromatic heterocycles. The third kappa shape index (κ3) is 24.5. The third-order valence-corrected chi connectivity index (χ3v) is 12.6. The Kier molecular flexibility index (Phi) is 34.3. The van der Waals surface area contributed by atoms with Gasteiger partial charge in [-0.15, -0.1) is 0 Å². The molecule has 0 aliphatic carbocycles. The number of carbonyl (C=O) groups is 1. The van der Waals surface area contributed by atoms with Crippen molar-refractivity contribution in [3.05, 3.63) is 24.3 Å². The monoisotopic (exact) mass is 916 g/mol. The summed E-state index contributed by atoms with van der Waals surface area (Å²) in [6, 6.07) is -0.914. The first-order chi connectivity index (χ1) is 31.1. The molecule has 0 radical (unpaired) electrons. The standard InChI is InChI=1S/C50H93NO13/c1-3-5-7-9-11-13-15-16-17-18-19-20-21-22-24-25-27-29-31-33-39(54)38(51-42(55)34-32-30-28-26-23-14-12-10-8-6-4-2)37-61-49-47(60)45(58)48(41(36-53)63-49)64-50-46(59)44(57)43(56)40(35-52)62-50/h10,12,31,33,38-41,43-50,52-54,56-60H,3-9,11,13-30,32,34-37H2,1-2H3,(H,51,55)/b12-10-,33-31+. The van der Waals surface area contributed by atoms with E-state index < -0.39 is 86.8 Å². The zero-order chi connectivity index (χ0) is 46.8. The van der Waals surface area contributed by atoms with E-state index in [0.717, 1.165) is 57.8 Å². The first-order valence-electron chi connectivity index (χ1n) is 25.6. The van der Waals surface area contributed by atoms with Gasteiger partial charge >= 0.3 is 0 Å². The number of ether oxygens (including phenoxy) is 4. The molecule has 2 saturated heterocycles. The molecule has 9 N–H and O–H groups in total. The molecule has 2 rings (SSSR count). The Labute approximate surface area is 386 Å². The molecule has 0 aromatic rings. The summed E-state index contributed by atoms with van der Waals surface area (Å²) in [5.74, 6) is -0.251. The van der Waals surface area contributed by atoms with Crippen LogP contribution in [0.1, 0.15) is 194 Å². The maximum absolute atomic E-state index is 13.1. The predicted molar refractivity (Wildman–Crippen MR) is 249 cm³/mol. The Morgan fingerprint density at radius 2 is 1.00 bits per heavy atom. The molecule has 64 heavy (non-hydrogen) atoms. The molecule has 2 aliphatic rings. The van der Waals surface area contributed by atoms with E-state index in [1.54, 1.807) is 6.08 Å². The van der Waals surface area contributed by atoms with E-state index >= 15 is 0 Å². The summed E-state index contributed by atoms with van der Waals surface area (Å²) < 4.78 is 22.7. The van der Waals surface area contributed by atoms with E-state index in [0.29, 0.717) is 6.42 Å². The van der Waals surface area contributed by atoms with Crippen LogP contribution in [0.25, 0.3) is 0 Å². The topological polar surface area (TPSA) is 228 Å². The van der Waals surface area contributed by atoms with Crippen molar-refractivity contribution in [2.75, 3.05) is 19.8 Å². The molecular formula is C50H93NO13. The minimum absolute atomic E-state index is 0.251. The van der Waals surface area contributed by atoms with Gasteiger partial charge in [0, 0.05) is 6.42 Å². The van der Waals surface area contributed by atoms with Crippen LogP contribution < -0.4 is 5.32 Å². The molecule has 14 heteroatoms. The SMILES string of the molecule is CCCC/C=C\CCCCCCCC(=O)NC(COC1OC(CO)C(OC2OC(CO)C(O)C(O)C2O)C(O)C1O)C(O)/C=C/CCCCCCCCCCCCCCCCCCC. The molecule has 0 saturated carbocycles. The smallest absolute Gasteiger partial charge is 0.220 e. The highest BCUT2D eigenvalue weighted by Gasteiger charge is 2.51. The van der Waals surface area contributed by atoms with Gasteiger partial charge in [0.05, 0.1) is 32.0 Å². The molecule has 12 atom stereocenters. The van der Waals surface area contributed by atoms with Gasteiger partial charge in [0.15, 0.2) is 12.6 Å². The second kappa shape index (κ2) is 37.5. The first-order valence-corrected chi connectivity index (χ1v) is 25.6. The van der Waals surface area contributed by atoms with Gasteiger partial charge in [-0.2, -0.15) is 0 Å². The Bertz CT molecular complexity index is 1170. The summed E-state index contributed by atoms with van der Waals surface area (Å²) in [5, 5.41) is 86.7. The number of allylic oxidation sites excluding steroid dienone is 3. The molecule has 2 fully saturated rings. The summed E-state index contributed by atoms with van der Waals surface area (Å²) in [5.41, 5.74) is 0. The van der Waals surface area contributed by atoms with E-state index in [1.165, 1.54) is 109 Å². The number of hydrogen-bond donors (Lipinski definition) is 9. The highest BCUT2D eigenvalue weighted by Crippen LogP contribution is 2.30. The highest BCUT2D eigenvalue weighted by atomic mass is 16.7. The fourth-order valence-electron chi connectivity index (χ4n) is 8.39. The van der Waals surface area contributed by atoms with Crippen molar-refractivity contribution in [2.24, 2.45) is 0 Å². The maximum Gasteiger partial charge on any atom is 0.220 e. The normalized spacial score (nSPS) is 27.4. The molecule has 14 nitrogen and oxygen atoms in total. The summed E-state index contributed by atoms with van der Waals surface area (Å²) in [6.45, 7) is 2.74. The predicted octanol–water partition coefficient (Wildman–Crippen LogP) is 6.55. The Balaban J connectivity index is 1.84. The minimum atomic E-state index is -1.79. The van der Waals surface area contributed by atoms with Crippen molar-refractivity contribution in [1.29, 1.82) is 0 Å². The fraction of sp³-hybridized carbons (Fsp3) is 0.900. The van der Waals surface area contributed by atoms with Crippen LogP contribution in [0.15, 0.2) is 24.3 Å². The summed E-state index contributed by atoms with van der Waals surface area (Å²) in [7, 11) is 0. The van der Waals surface area contributed by atoms with Crippen molar-refractivity contribution < 1.29 is 64.6 Å². The lowest BCUT2D eigenvalue weighted by atomic mass is 9.97. The summed E-state index contributed by atoms with van der Waals surface area (Å²) >= 11 is 0. The molecule has 376 valence electrons. The van der Waals surface area contributed by atoms with Gasteiger partial charge in [-0.25, -0.2) is 0 Å². The molecule has 2 aliphatic heterocycles. The number of amides is 1. The van der Waals surface area contributed by atoms with Crippen LogP contribution in [0, 0.1) is 0 Å². The molecule has 1 amide bonds. The minimum Gasteiger partial charge on any atom is -0.394 e. The number of aliphatic hydroxyl groups is 8. The lowest BCUT2D eigenvalue weighted by molar-refractivity contribution is -0.359. The quantitative estimate of drug-likeness (QED) is 0.0236. The highest BCUT2D eigenvalue weighted by molar-refractivity contribution is 5.76. The largest absolute Gasteiger partial charge is 0.394 e. The van der Waals surface area contributed by atoms with Crippen LogP contribution in [-0.2, 0) is 23.7 Å². The zero-order valence-electron chi connectivity index (χ0n) is 39.8. The lowest BCUT2D eigenvalue weighted by Gasteiger charge is -2.46. The molecule has 12 unspecified atom stereocenters. The molecule has 0 spiro atoms. The Morgan fingerprint density at radius 1 is 0.547 bits per heavy atom. The number of carbonyl (C=O) groups excluding carboxylic acids is 1. The van der Waals surface area contributed by atoms with Gasteiger partial charge in [0.25, 0.3) is 0 Å². The second-order valence-corrected chi connectivity index (χ2v) is 18.3.